The van der Waals surface area contributed by atoms with Gasteiger partial charge in [0.1, 0.15) is 23.6 Å². The number of ether oxygens (including phenoxy) is 2. The fourth-order valence-electron chi connectivity index (χ4n) is 4.28. The van der Waals surface area contributed by atoms with Gasteiger partial charge in [-0.05, 0) is 53.7 Å². The molecule has 2 fully saturated rings. The van der Waals surface area contributed by atoms with E-state index >= 15 is 0 Å². The van der Waals surface area contributed by atoms with Gasteiger partial charge in [-0.2, -0.15) is 25.4 Å². The number of rotatable bonds is 5. The largest absolute Gasteiger partial charge is 0.444 e. The topological polar surface area (TPSA) is 155 Å². The van der Waals surface area contributed by atoms with Crippen molar-refractivity contribution in [1.82, 2.24) is 22.4 Å². The molecular formula is C28H46N7O8S2+. The first-order valence-electron chi connectivity index (χ1n) is 14.6. The number of hydrogen-bond acceptors (Lipinski definition) is 8. The summed E-state index contributed by atoms with van der Waals surface area (Å²) in [6, 6.07) is 8.72. The van der Waals surface area contributed by atoms with Crippen molar-refractivity contribution in [3.63, 3.8) is 0 Å². The summed E-state index contributed by atoms with van der Waals surface area (Å²) in [5, 5.41) is 0. The van der Waals surface area contributed by atoms with Crippen LogP contribution in [0.25, 0.3) is 0 Å². The lowest BCUT2D eigenvalue weighted by Crippen LogP contribution is -2.52. The average Bonchev–Trinajstić information content (AvgIpc) is 3.39. The van der Waals surface area contributed by atoms with Crippen molar-refractivity contribution >= 4 is 38.3 Å². The van der Waals surface area contributed by atoms with Crippen molar-refractivity contribution in [3.05, 3.63) is 49.1 Å². The van der Waals surface area contributed by atoms with Crippen LogP contribution in [-0.4, -0.2) is 115 Å². The van der Waals surface area contributed by atoms with Crippen LogP contribution in [0.15, 0.2) is 49.1 Å². The third-order valence-electron chi connectivity index (χ3n) is 6.48. The van der Waals surface area contributed by atoms with Gasteiger partial charge in [-0.1, -0.05) is 18.2 Å². The summed E-state index contributed by atoms with van der Waals surface area (Å²) >= 11 is 0. The van der Waals surface area contributed by atoms with Crippen LogP contribution in [0.3, 0.4) is 0 Å². The highest BCUT2D eigenvalue weighted by Crippen LogP contribution is 2.16. The summed E-state index contributed by atoms with van der Waals surface area (Å²) in [5.74, 6) is 0. The molecule has 1 aromatic heterocycles. The Balaban J connectivity index is 0.000000246. The monoisotopic (exact) mass is 672 g/mol. The molecule has 0 radical (unpaired) electrons. The Morgan fingerprint density at radius 2 is 1.18 bits per heavy atom. The van der Waals surface area contributed by atoms with Crippen molar-refractivity contribution < 1.29 is 40.5 Å². The molecule has 3 heterocycles. The number of amides is 2. The van der Waals surface area contributed by atoms with Crippen LogP contribution in [-0.2, 0) is 36.9 Å². The second-order valence-electron chi connectivity index (χ2n) is 12.6. The van der Waals surface area contributed by atoms with Crippen LogP contribution in [0.4, 0.5) is 15.3 Å². The van der Waals surface area contributed by atoms with Crippen LogP contribution in [0.5, 0.6) is 0 Å². The molecule has 2 aromatic rings. The number of hydrogen-bond donors (Lipinski definition) is 1. The van der Waals surface area contributed by atoms with Crippen molar-refractivity contribution in [2.24, 2.45) is 7.05 Å². The number of carbonyl (C=O) groups is 2. The van der Waals surface area contributed by atoms with E-state index in [-0.39, 0.29) is 26.2 Å². The molecule has 0 aliphatic carbocycles. The minimum Gasteiger partial charge on any atom is -0.444 e. The lowest BCUT2D eigenvalue weighted by molar-refractivity contribution is -0.670. The summed E-state index contributed by atoms with van der Waals surface area (Å²) in [6.07, 6.45) is 3.84. The Labute approximate surface area is 266 Å². The molecule has 2 amide bonds. The third-order valence-corrected chi connectivity index (χ3v) is 9.78. The van der Waals surface area contributed by atoms with Crippen molar-refractivity contribution in [2.45, 2.75) is 52.7 Å². The van der Waals surface area contributed by atoms with Gasteiger partial charge in [0.15, 0.2) is 0 Å². The van der Waals surface area contributed by atoms with Crippen molar-refractivity contribution in [3.8, 4) is 0 Å². The van der Waals surface area contributed by atoms with Gasteiger partial charge in [-0.3, -0.25) is 4.72 Å². The molecule has 0 atom stereocenters. The number of aryl methyl sites for hydroxylation is 1. The van der Waals surface area contributed by atoms with Crippen molar-refractivity contribution in [2.75, 3.05) is 57.1 Å². The Bertz CT molecular complexity index is 1500. The summed E-state index contributed by atoms with van der Waals surface area (Å²) in [5.41, 5.74) is -0.600. The van der Waals surface area contributed by atoms with E-state index in [1.165, 1.54) is 34.9 Å². The third kappa shape index (κ3) is 10.9. The molecule has 1 aromatic carbocycles. The molecule has 252 valence electrons. The summed E-state index contributed by atoms with van der Waals surface area (Å²) in [4.78, 5) is 27.0. The molecule has 17 heteroatoms. The lowest BCUT2D eigenvalue weighted by Gasteiger charge is -2.34. The predicted octanol–water partition coefficient (Wildman–Crippen LogP) is 1.85. The van der Waals surface area contributed by atoms with E-state index < -0.39 is 43.8 Å². The molecule has 0 unspecified atom stereocenters. The minimum atomic E-state index is -3.62. The fourth-order valence-corrected chi connectivity index (χ4v) is 6.86. The average molecular weight is 673 g/mol. The van der Waals surface area contributed by atoms with E-state index in [2.05, 4.69) is 4.72 Å². The molecule has 0 spiro atoms. The maximum Gasteiger partial charge on any atom is 0.410 e. The molecule has 0 bridgehead atoms. The Hall–Kier alpha value is -3.41. The van der Waals surface area contributed by atoms with E-state index in [1.54, 1.807) is 83.6 Å². The number of benzene rings is 1. The fraction of sp³-hybridized carbons (Fsp3) is 0.607. The molecule has 4 rings (SSSR count). The van der Waals surface area contributed by atoms with Gasteiger partial charge in [0.25, 0.3) is 6.33 Å². The van der Waals surface area contributed by atoms with E-state index in [0.29, 0.717) is 31.9 Å². The molecular weight excluding hydrogens is 626 g/mol. The standard InChI is InChI=1S/C15H23N3O4S.C13H23N4O4S/c1-15(2,3)22-14(19)17-9-11-18(12-10-17)23(20,21)16-13-7-5-4-6-8-13;1-13(2,3)21-12(18)15-6-9-16(10-7-15)22(19,20)17-8-5-14(4)11-17/h4-8,16H,9-12H2,1-3H3;5,8,11H,6-7,9-10H2,1-4H3/q;+1. The van der Waals surface area contributed by atoms with Crippen LogP contribution in [0.2, 0.25) is 0 Å². The number of nitrogens with zero attached hydrogens (tertiary/aromatic N) is 6. The maximum absolute atomic E-state index is 12.4. The normalized spacial score (nSPS) is 17.2. The first-order valence-corrected chi connectivity index (χ1v) is 17.4. The zero-order valence-corrected chi connectivity index (χ0v) is 28.7. The Morgan fingerprint density at radius 1 is 0.733 bits per heavy atom. The molecule has 45 heavy (non-hydrogen) atoms. The smallest absolute Gasteiger partial charge is 0.410 e. The van der Waals surface area contributed by atoms with Crippen molar-refractivity contribution in [1.29, 1.82) is 0 Å². The van der Waals surface area contributed by atoms with Gasteiger partial charge in [0, 0.05) is 58.0 Å². The Kier molecular flexibility index (Phi) is 11.5. The molecule has 2 aliphatic heterocycles. The predicted molar refractivity (Wildman–Crippen MR) is 168 cm³/mol. The van der Waals surface area contributed by atoms with Gasteiger partial charge in [-0.25, -0.2) is 14.2 Å². The van der Waals surface area contributed by atoms with Gasteiger partial charge in [0.2, 0.25) is 0 Å². The summed E-state index contributed by atoms with van der Waals surface area (Å²) in [6.45, 7) is 13.1. The SMILES string of the molecule is CC(C)(C)OC(=O)N1CCN(S(=O)(=O)Nc2ccccc2)CC1.C[n+]1ccn(S(=O)(=O)N2CCN(C(=O)OC(C)(C)C)CC2)c1. The van der Waals surface area contributed by atoms with Gasteiger partial charge in [0.05, 0.1) is 7.05 Å². The lowest BCUT2D eigenvalue weighted by atomic mass is 10.2. The van der Waals surface area contributed by atoms with Gasteiger partial charge < -0.3 is 19.3 Å². The number of anilines is 1. The van der Waals surface area contributed by atoms with Gasteiger partial charge in [-0.15, -0.1) is 3.97 Å². The second kappa shape index (κ2) is 14.3. The first kappa shape index (κ1) is 36.1. The first-order chi connectivity index (χ1) is 20.8. The molecule has 2 aliphatic rings. The highest BCUT2D eigenvalue weighted by atomic mass is 32.2. The highest BCUT2D eigenvalue weighted by molar-refractivity contribution is 7.90. The summed E-state index contributed by atoms with van der Waals surface area (Å²) in [7, 11) is -5.43. The zero-order valence-electron chi connectivity index (χ0n) is 27.0. The molecule has 1 N–H and O–H groups in total. The number of piperazine rings is 2. The number of carbonyl (C=O) groups excluding carboxylic acids is 2. The van der Waals surface area contributed by atoms with Gasteiger partial charge >= 0.3 is 32.6 Å². The number of aromatic nitrogens is 2. The van der Waals surface area contributed by atoms with Crippen LogP contribution in [0, 0.1) is 0 Å². The van der Waals surface area contributed by atoms with Crippen LogP contribution in [0.1, 0.15) is 41.5 Å². The quantitative estimate of drug-likeness (QED) is 0.473. The van der Waals surface area contributed by atoms with E-state index in [0.717, 1.165) is 0 Å². The maximum atomic E-state index is 12.4. The van der Waals surface area contributed by atoms with Crippen LogP contribution < -0.4 is 9.29 Å². The van der Waals surface area contributed by atoms with E-state index in [1.807, 2.05) is 6.07 Å². The number of imidazole rings is 1. The van der Waals surface area contributed by atoms with E-state index in [4.69, 9.17) is 9.47 Å². The number of nitrogens with one attached hydrogen (secondary N) is 1. The van der Waals surface area contributed by atoms with Crippen LogP contribution >= 0.6 is 0 Å². The minimum absolute atomic E-state index is 0.238. The molecule has 15 nitrogen and oxygen atoms in total. The summed E-state index contributed by atoms with van der Waals surface area (Å²) < 4.78 is 68.2. The molecule has 0 saturated carbocycles. The Morgan fingerprint density at radius 3 is 1.58 bits per heavy atom. The molecule has 2 saturated heterocycles. The number of para-hydroxylation sites is 1. The highest BCUT2D eigenvalue weighted by Gasteiger charge is 2.35. The zero-order chi connectivity index (χ0) is 33.6. The van der Waals surface area contributed by atoms with E-state index in [9.17, 15) is 26.4 Å². The second-order valence-corrected chi connectivity index (χ2v) is 16.1.